The highest BCUT2D eigenvalue weighted by Gasteiger charge is 2.17. The molecule has 2 heterocycles. The maximum Gasteiger partial charge on any atom is 0.263 e. The molecule has 1 aromatic carbocycles. The Morgan fingerprint density at radius 1 is 1.14 bits per heavy atom. The zero-order chi connectivity index (χ0) is 15.7. The minimum Gasteiger partial charge on any atom is -0.255 e. The highest BCUT2D eigenvalue weighted by molar-refractivity contribution is 7.93. The number of hydrogen-bond donors (Lipinski definition) is 1. The average molecular weight is 375 g/mol. The molecule has 0 unspecified atom stereocenters. The van der Waals surface area contributed by atoms with Crippen LogP contribution < -0.4 is 4.72 Å². The van der Waals surface area contributed by atoms with Crippen LogP contribution in [0, 0.1) is 5.82 Å². The van der Waals surface area contributed by atoms with Crippen LogP contribution in [-0.2, 0) is 10.0 Å². The van der Waals surface area contributed by atoms with E-state index in [1.54, 1.807) is 11.4 Å². The average Bonchev–Trinajstić information content (AvgIpc) is 3.08. The van der Waals surface area contributed by atoms with Gasteiger partial charge in [-0.2, -0.15) is 0 Å². The second kappa shape index (κ2) is 5.96. The van der Waals surface area contributed by atoms with Crippen molar-refractivity contribution < 1.29 is 12.8 Å². The summed E-state index contributed by atoms with van der Waals surface area (Å²) in [6, 6.07) is 8.16. The van der Waals surface area contributed by atoms with E-state index in [1.807, 2.05) is 6.07 Å². The van der Waals surface area contributed by atoms with Crippen LogP contribution in [0.5, 0.6) is 0 Å². The summed E-state index contributed by atoms with van der Waals surface area (Å²) in [7, 11) is -3.79. The summed E-state index contributed by atoms with van der Waals surface area (Å²) in [6.07, 6.45) is 0. The maximum atomic E-state index is 12.9. The van der Waals surface area contributed by atoms with Gasteiger partial charge in [0, 0.05) is 5.38 Å². The van der Waals surface area contributed by atoms with Crippen molar-refractivity contribution in [2.75, 3.05) is 4.72 Å². The van der Waals surface area contributed by atoms with E-state index in [2.05, 4.69) is 9.71 Å². The Morgan fingerprint density at radius 3 is 2.50 bits per heavy atom. The SMILES string of the molecule is O=S(=O)(Nc1nc(-c2ccc(Cl)s2)cs1)c1ccc(F)cc1. The van der Waals surface area contributed by atoms with Gasteiger partial charge in [0.2, 0.25) is 0 Å². The van der Waals surface area contributed by atoms with Crippen LogP contribution in [0.4, 0.5) is 9.52 Å². The van der Waals surface area contributed by atoms with Crippen LogP contribution in [0.15, 0.2) is 46.7 Å². The molecule has 4 nitrogen and oxygen atoms in total. The smallest absolute Gasteiger partial charge is 0.255 e. The van der Waals surface area contributed by atoms with Gasteiger partial charge in [-0.3, -0.25) is 4.72 Å². The highest BCUT2D eigenvalue weighted by Crippen LogP contribution is 2.33. The molecule has 0 fully saturated rings. The van der Waals surface area contributed by atoms with Crippen molar-refractivity contribution >= 4 is 49.4 Å². The van der Waals surface area contributed by atoms with Gasteiger partial charge in [-0.25, -0.2) is 17.8 Å². The van der Waals surface area contributed by atoms with Crippen molar-refractivity contribution in [2.45, 2.75) is 4.90 Å². The molecular weight excluding hydrogens is 367 g/mol. The lowest BCUT2D eigenvalue weighted by atomic mass is 10.4. The summed E-state index contributed by atoms with van der Waals surface area (Å²) in [5, 5.41) is 1.98. The van der Waals surface area contributed by atoms with E-state index in [9.17, 15) is 12.8 Å². The topological polar surface area (TPSA) is 59.1 Å². The van der Waals surface area contributed by atoms with Crippen molar-refractivity contribution in [3.63, 3.8) is 0 Å². The van der Waals surface area contributed by atoms with Crippen LogP contribution in [-0.4, -0.2) is 13.4 Å². The third-order valence-corrected chi connectivity index (χ3v) is 6.17. The molecule has 0 saturated carbocycles. The number of nitrogens with one attached hydrogen (secondary N) is 1. The summed E-state index contributed by atoms with van der Waals surface area (Å²) in [5.74, 6) is -0.495. The molecule has 0 amide bonds. The molecule has 0 aliphatic carbocycles. The van der Waals surface area contributed by atoms with Crippen LogP contribution >= 0.6 is 34.3 Å². The van der Waals surface area contributed by atoms with E-state index in [0.29, 0.717) is 10.0 Å². The Bertz CT molecular complexity index is 904. The lowest BCUT2D eigenvalue weighted by Gasteiger charge is -2.04. The van der Waals surface area contributed by atoms with Gasteiger partial charge >= 0.3 is 0 Å². The molecule has 0 aliphatic heterocycles. The van der Waals surface area contributed by atoms with Crippen molar-refractivity contribution in [1.29, 1.82) is 0 Å². The Kier molecular flexibility index (Phi) is 4.18. The quantitative estimate of drug-likeness (QED) is 0.733. The first-order chi connectivity index (χ1) is 10.4. The minimum absolute atomic E-state index is 0.0233. The van der Waals surface area contributed by atoms with Crippen LogP contribution in [0.25, 0.3) is 10.6 Å². The maximum absolute atomic E-state index is 12.9. The number of nitrogens with zero attached hydrogens (tertiary/aromatic N) is 1. The Hall–Kier alpha value is -1.48. The van der Waals surface area contributed by atoms with E-state index in [0.717, 1.165) is 17.0 Å². The molecule has 3 rings (SSSR count). The normalized spacial score (nSPS) is 11.5. The lowest BCUT2D eigenvalue weighted by Crippen LogP contribution is -2.12. The zero-order valence-corrected chi connectivity index (χ0v) is 14.0. The Morgan fingerprint density at radius 2 is 1.86 bits per heavy atom. The fourth-order valence-electron chi connectivity index (χ4n) is 1.67. The first-order valence-corrected chi connectivity index (χ1v) is 9.49. The molecule has 0 atom stereocenters. The van der Waals surface area contributed by atoms with Gasteiger partial charge in [0.1, 0.15) is 5.82 Å². The summed E-state index contributed by atoms with van der Waals surface area (Å²) < 4.78 is 40.2. The first kappa shape index (κ1) is 15.4. The zero-order valence-electron chi connectivity index (χ0n) is 10.8. The number of aromatic nitrogens is 1. The molecule has 0 radical (unpaired) electrons. The standard InChI is InChI=1S/C13H8ClFN2O2S3/c14-12-6-5-11(21-12)10-7-20-13(16-10)17-22(18,19)9-3-1-8(15)2-4-9/h1-7H,(H,16,17). The number of halogens is 2. The number of thiazole rings is 1. The van der Waals surface area contributed by atoms with E-state index in [4.69, 9.17) is 11.6 Å². The molecule has 9 heteroatoms. The van der Waals surface area contributed by atoms with Gasteiger partial charge in [0.25, 0.3) is 10.0 Å². The minimum atomic E-state index is -3.79. The number of benzene rings is 1. The van der Waals surface area contributed by atoms with Crippen molar-refractivity contribution in [1.82, 2.24) is 4.98 Å². The largest absolute Gasteiger partial charge is 0.263 e. The molecule has 22 heavy (non-hydrogen) atoms. The van der Waals surface area contributed by atoms with E-state index >= 15 is 0 Å². The number of hydrogen-bond acceptors (Lipinski definition) is 5. The molecule has 2 aromatic heterocycles. The van der Waals surface area contributed by atoms with Crippen molar-refractivity contribution in [3.8, 4) is 10.6 Å². The molecule has 1 N–H and O–H groups in total. The van der Waals surface area contributed by atoms with E-state index < -0.39 is 15.8 Å². The van der Waals surface area contributed by atoms with Gasteiger partial charge in [-0.05, 0) is 36.4 Å². The fraction of sp³-hybridized carbons (Fsp3) is 0. The predicted octanol–water partition coefficient (Wildman–Crippen LogP) is 4.46. The third-order valence-electron chi connectivity index (χ3n) is 2.68. The number of rotatable bonds is 4. The van der Waals surface area contributed by atoms with Gasteiger partial charge in [0.15, 0.2) is 5.13 Å². The third kappa shape index (κ3) is 3.30. The summed E-state index contributed by atoms with van der Waals surface area (Å²) in [4.78, 5) is 5.06. The number of thiophene rings is 1. The molecule has 0 saturated heterocycles. The summed E-state index contributed by atoms with van der Waals surface area (Å²) in [5.41, 5.74) is 0.652. The molecule has 114 valence electrons. The number of sulfonamides is 1. The molecule has 0 bridgehead atoms. The van der Waals surface area contributed by atoms with Crippen LogP contribution in [0.2, 0.25) is 4.34 Å². The molecule has 0 aliphatic rings. The molecular formula is C13H8ClFN2O2S3. The van der Waals surface area contributed by atoms with Crippen LogP contribution in [0.1, 0.15) is 0 Å². The van der Waals surface area contributed by atoms with Gasteiger partial charge in [0.05, 0.1) is 19.8 Å². The van der Waals surface area contributed by atoms with Gasteiger partial charge in [-0.15, -0.1) is 22.7 Å². The van der Waals surface area contributed by atoms with Gasteiger partial charge < -0.3 is 0 Å². The van der Waals surface area contributed by atoms with Gasteiger partial charge in [-0.1, -0.05) is 11.6 Å². The van der Waals surface area contributed by atoms with E-state index in [-0.39, 0.29) is 10.0 Å². The van der Waals surface area contributed by atoms with E-state index in [1.165, 1.54) is 34.8 Å². The fourth-order valence-corrected chi connectivity index (χ4v) is 4.72. The lowest BCUT2D eigenvalue weighted by molar-refractivity contribution is 0.599. The summed E-state index contributed by atoms with van der Waals surface area (Å²) >= 11 is 8.40. The van der Waals surface area contributed by atoms with Crippen LogP contribution in [0.3, 0.4) is 0 Å². The van der Waals surface area contributed by atoms with Crippen molar-refractivity contribution in [2.24, 2.45) is 0 Å². The Balaban J connectivity index is 1.84. The summed E-state index contributed by atoms with van der Waals surface area (Å²) in [6.45, 7) is 0. The molecule has 0 spiro atoms. The predicted molar refractivity (Wildman–Crippen MR) is 87.6 cm³/mol. The molecule has 3 aromatic rings. The second-order valence-electron chi connectivity index (χ2n) is 4.20. The van der Waals surface area contributed by atoms with Crippen molar-refractivity contribution in [3.05, 3.63) is 51.9 Å². The Labute approximate surface area is 139 Å². The number of anilines is 1. The monoisotopic (exact) mass is 374 g/mol. The highest BCUT2D eigenvalue weighted by atomic mass is 35.5. The second-order valence-corrected chi connectivity index (χ2v) is 8.46. The first-order valence-electron chi connectivity index (χ1n) is 5.94.